The number of aromatic nitrogens is 2. The second-order valence-corrected chi connectivity index (χ2v) is 4.21. The standard InChI is InChI=1S/C14H18N4O/c1-4-18(11-7-5-10(2)6-8-11)12-9-13(19-3)17-14(15)16-12/h5-9H,4H2,1-3H3,(H2,15,16,17). The lowest BCUT2D eigenvalue weighted by Gasteiger charge is -2.22. The number of aryl methyl sites for hydroxylation is 1. The van der Waals surface area contributed by atoms with Crippen molar-refractivity contribution >= 4 is 17.5 Å². The van der Waals surface area contributed by atoms with Gasteiger partial charge >= 0.3 is 0 Å². The minimum absolute atomic E-state index is 0.208. The number of hydrogen-bond donors (Lipinski definition) is 1. The molecular weight excluding hydrogens is 240 g/mol. The van der Waals surface area contributed by atoms with Gasteiger partial charge in [-0.15, -0.1) is 0 Å². The summed E-state index contributed by atoms with van der Waals surface area (Å²) in [7, 11) is 1.56. The fourth-order valence-corrected chi connectivity index (χ4v) is 1.87. The number of nitrogens with two attached hydrogens (primary N) is 1. The van der Waals surface area contributed by atoms with E-state index in [1.807, 2.05) is 0 Å². The smallest absolute Gasteiger partial charge is 0.225 e. The molecule has 0 aliphatic carbocycles. The maximum atomic E-state index is 5.70. The van der Waals surface area contributed by atoms with Gasteiger partial charge in [-0.25, -0.2) is 0 Å². The Hall–Kier alpha value is -2.30. The summed E-state index contributed by atoms with van der Waals surface area (Å²) in [5.74, 6) is 1.41. The van der Waals surface area contributed by atoms with Crippen LogP contribution in [0.1, 0.15) is 12.5 Å². The Morgan fingerprint density at radius 3 is 2.47 bits per heavy atom. The first-order valence-electron chi connectivity index (χ1n) is 6.16. The third-order valence-electron chi connectivity index (χ3n) is 2.85. The van der Waals surface area contributed by atoms with Gasteiger partial charge in [0.1, 0.15) is 5.82 Å². The molecule has 1 heterocycles. The largest absolute Gasteiger partial charge is 0.481 e. The average Bonchev–Trinajstić information content (AvgIpc) is 2.41. The molecule has 0 amide bonds. The van der Waals surface area contributed by atoms with Crippen LogP contribution < -0.4 is 15.4 Å². The van der Waals surface area contributed by atoms with E-state index in [0.29, 0.717) is 5.88 Å². The predicted molar refractivity (Wildman–Crippen MR) is 76.9 cm³/mol. The van der Waals surface area contributed by atoms with Crippen LogP contribution in [0.2, 0.25) is 0 Å². The molecule has 5 nitrogen and oxygen atoms in total. The van der Waals surface area contributed by atoms with E-state index in [1.54, 1.807) is 13.2 Å². The summed E-state index contributed by atoms with van der Waals surface area (Å²) in [6.07, 6.45) is 0. The summed E-state index contributed by atoms with van der Waals surface area (Å²) in [6.45, 7) is 4.90. The molecule has 0 fully saturated rings. The zero-order valence-corrected chi connectivity index (χ0v) is 11.4. The van der Waals surface area contributed by atoms with Crippen LogP contribution in [0.15, 0.2) is 30.3 Å². The Morgan fingerprint density at radius 2 is 1.89 bits per heavy atom. The molecule has 0 atom stereocenters. The van der Waals surface area contributed by atoms with Crippen LogP contribution in [-0.2, 0) is 0 Å². The molecule has 0 bridgehead atoms. The fraction of sp³-hybridized carbons (Fsp3) is 0.286. The lowest BCUT2D eigenvalue weighted by Crippen LogP contribution is -2.18. The molecule has 1 aromatic carbocycles. The minimum Gasteiger partial charge on any atom is -0.481 e. The van der Waals surface area contributed by atoms with Gasteiger partial charge in [-0.1, -0.05) is 17.7 Å². The van der Waals surface area contributed by atoms with Gasteiger partial charge in [0.05, 0.1) is 7.11 Å². The molecule has 1 aromatic heterocycles. The molecule has 0 saturated carbocycles. The third kappa shape index (κ3) is 2.93. The summed E-state index contributed by atoms with van der Waals surface area (Å²) in [5.41, 5.74) is 7.99. The van der Waals surface area contributed by atoms with Crippen molar-refractivity contribution < 1.29 is 4.74 Å². The Kier molecular flexibility index (Phi) is 3.85. The zero-order chi connectivity index (χ0) is 13.8. The highest BCUT2D eigenvalue weighted by atomic mass is 16.5. The third-order valence-corrected chi connectivity index (χ3v) is 2.85. The van der Waals surface area contributed by atoms with Crippen molar-refractivity contribution in [3.8, 4) is 5.88 Å². The Balaban J connectivity index is 2.41. The molecule has 2 rings (SSSR count). The Bertz CT molecular complexity index is 554. The summed E-state index contributed by atoms with van der Waals surface area (Å²) >= 11 is 0. The van der Waals surface area contributed by atoms with Crippen LogP contribution in [-0.4, -0.2) is 23.6 Å². The maximum Gasteiger partial charge on any atom is 0.225 e. The summed E-state index contributed by atoms with van der Waals surface area (Å²) in [6, 6.07) is 10.0. The van der Waals surface area contributed by atoms with Gasteiger partial charge in [-0.2, -0.15) is 9.97 Å². The van der Waals surface area contributed by atoms with E-state index in [-0.39, 0.29) is 5.95 Å². The second-order valence-electron chi connectivity index (χ2n) is 4.21. The molecule has 2 N–H and O–H groups in total. The molecule has 100 valence electrons. The van der Waals surface area contributed by atoms with E-state index in [0.717, 1.165) is 18.1 Å². The number of nitrogens with zero attached hydrogens (tertiary/aromatic N) is 3. The maximum absolute atomic E-state index is 5.70. The van der Waals surface area contributed by atoms with Crippen molar-refractivity contribution in [1.82, 2.24) is 9.97 Å². The number of ether oxygens (including phenoxy) is 1. The van der Waals surface area contributed by atoms with Crippen LogP contribution in [0.25, 0.3) is 0 Å². The van der Waals surface area contributed by atoms with Crippen molar-refractivity contribution in [1.29, 1.82) is 0 Å². The molecule has 0 radical (unpaired) electrons. The van der Waals surface area contributed by atoms with Gasteiger partial charge in [0, 0.05) is 18.3 Å². The first kappa shape index (κ1) is 13.1. The van der Waals surface area contributed by atoms with E-state index < -0.39 is 0 Å². The number of anilines is 3. The first-order chi connectivity index (χ1) is 9.13. The van der Waals surface area contributed by atoms with Crippen molar-refractivity contribution in [2.45, 2.75) is 13.8 Å². The van der Waals surface area contributed by atoms with Crippen molar-refractivity contribution in [2.75, 3.05) is 24.3 Å². The summed E-state index contributed by atoms with van der Waals surface area (Å²) < 4.78 is 5.13. The van der Waals surface area contributed by atoms with Crippen molar-refractivity contribution in [3.63, 3.8) is 0 Å². The van der Waals surface area contributed by atoms with E-state index in [2.05, 4.69) is 53.0 Å². The molecule has 0 spiro atoms. The Labute approximate surface area is 113 Å². The van der Waals surface area contributed by atoms with Crippen molar-refractivity contribution in [3.05, 3.63) is 35.9 Å². The highest BCUT2D eigenvalue weighted by Gasteiger charge is 2.11. The monoisotopic (exact) mass is 258 g/mol. The molecule has 0 aliphatic rings. The quantitative estimate of drug-likeness (QED) is 0.913. The van der Waals surface area contributed by atoms with Gasteiger partial charge in [0.15, 0.2) is 0 Å². The van der Waals surface area contributed by atoms with E-state index in [1.165, 1.54) is 5.56 Å². The lowest BCUT2D eigenvalue weighted by molar-refractivity contribution is 0.398. The molecule has 0 unspecified atom stereocenters. The van der Waals surface area contributed by atoms with Crippen LogP contribution in [0.4, 0.5) is 17.5 Å². The van der Waals surface area contributed by atoms with E-state index in [4.69, 9.17) is 10.5 Å². The topological polar surface area (TPSA) is 64.3 Å². The zero-order valence-electron chi connectivity index (χ0n) is 11.4. The van der Waals surface area contributed by atoms with Crippen LogP contribution in [0.3, 0.4) is 0 Å². The molecule has 0 saturated heterocycles. The summed E-state index contributed by atoms with van der Waals surface area (Å²) in [5, 5.41) is 0. The van der Waals surface area contributed by atoms with E-state index in [9.17, 15) is 0 Å². The van der Waals surface area contributed by atoms with Gasteiger partial charge < -0.3 is 15.4 Å². The fourth-order valence-electron chi connectivity index (χ4n) is 1.87. The number of nitrogen functional groups attached to an aromatic ring is 1. The number of hydrogen-bond acceptors (Lipinski definition) is 5. The highest BCUT2D eigenvalue weighted by molar-refractivity contribution is 5.61. The molecule has 0 aliphatic heterocycles. The number of benzene rings is 1. The first-order valence-corrected chi connectivity index (χ1v) is 6.16. The highest BCUT2D eigenvalue weighted by Crippen LogP contribution is 2.26. The number of rotatable bonds is 4. The second kappa shape index (κ2) is 5.56. The van der Waals surface area contributed by atoms with Gasteiger partial charge in [0.2, 0.25) is 11.8 Å². The average molecular weight is 258 g/mol. The van der Waals surface area contributed by atoms with Crippen LogP contribution in [0.5, 0.6) is 5.88 Å². The lowest BCUT2D eigenvalue weighted by atomic mass is 10.2. The van der Waals surface area contributed by atoms with Crippen LogP contribution >= 0.6 is 0 Å². The molecule has 19 heavy (non-hydrogen) atoms. The molecule has 5 heteroatoms. The molecule has 2 aromatic rings. The van der Waals surface area contributed by atoms with Crippen molar-refractivity contribution in [2.24, 2.45) is 0 Å². The predicted octanol–water partition coefficient (Wildman–Crippen LogP) is 2.53. The van der Waals surface area contributed by atoms with Gasteiger partial charge in [-0.3, -0.25) is 0 Å². The van der Waals surface area contributed by atoms with Gasteiger partial charge in [0.25, 0.3) is 0 Å². The number of methoxy groups -OCH3 is 1. The summed E-state index contributed by atoms with van der Waals surface area (Å²) in [4.78, 5) is 10.3. The SMILES string of the molecule is CCN(c1ccc(C)cc1)c1cc(OC)nc(N)n1. The van der Waals surface area contributed by atoms with Gasteiger partial charge in [-0.05, 0) is 26.0 Å². The normalized spacial score (nSPS) is 10.3. The Morgan fingerprint density at radius 1 is 1.21 bits per heavy atom. The van der Waals surface area contributed by atoms with Crippen LogP contribution in [0, 0.1) is 6.92 Å². The van der Waals surface area contributed by atoms with E-state index >= 15 is 0 Å². The minimum atomic E-state index is 0.208. The molecular formula is C14H18N4O.